The van der Waals surface area contributed by atoms with Crippen LogP contribution in [-0.2, 0) is 0 Å². The quantitative estimate of drug-likeness (QED) is 0.191. The van der Waals surface area contributed by atoms with Crippen molar-refractivity contribution < 1.29 is 0 Å². The van der Waals surface area contributed by atoms with Gasteiger partial charge in [-0.1, -0.05) is 109 Å². The Bertz CT molecular complexity index is 2390. The van der Waals surface area contributed by atoms with Crippen LogP contribution in [0.15, 0.2) is 170 Å². The summed E-state index contributed by atoms with van der Waals surface area (Å²) in [5, 5.41) is 2.57. The smallest absolute Gasteiger partial charge is 0.361 e. The fourth-order valence-corrected chi connectivity index (χ4v) is 7.95. The molecule has 0 bridgehead atoms. The summed E-state index contributed by atoms with van der Waals surface area (Å²) in [6.45, 7) is -0.108. The molecule has 0 fully saturated rings. The van der Waals surface area contributed by atoms with Crippen LogP contribution in [0.25, 0.3) is 49.7 Å². The van der Waals surface area contributed by atoms with Gasteiger partial charge in [0.25, 0.3) is 0 Å². The third-order valence-corrected chi connectivity index (χ3v) is 9.72. The first-order valence-electron chi connectivity index (χ1n) is 15.9. The highest BCUT2D eigenvalue weighted by molar-refractivity contribution is 6.87. The van der Waals surface area contributed by atoms with Gasteiger partial charge in [0.15, 0.2) is 0 Å². The molecule has 0 atom stereocenters. The second kappa shape index (κ2) is 9.75. The van der Waals surface area contributed by atoms with Crippen LogP contribution < -0.4 is 15.1 Å². The van der Waals surface area contributed by atoms with Crippen LogP contribution >= 0.6 is 0 Å². The Morgan fingerprint density at radius 2 is 0.891 bits per heavy atom. The number of hydrogen-bond acceptors (Lipinski definition) is 2. The average Bonchev–Trinajstić information content (AvgIpc) is 3.46. The largest absolute Gasteiger partial charge is 0.421 e. The van der Waals surface area contributed by atoms with Crippen molar-refractivity contribution in [1.82, 2.24) is 4.57 Å². The molecule has 46 heavy (non-hydrogen) atoms. The lowest BCUT2D eigenvalue weighted by atomic mass is 9.53. The molecule has 2 aliphatic rings. The Morgan fingerprint density at radius 3 is 1.54 bits per heavy atom. The van der Waals surface area contributed by atoms with Gasteiger partial charge in [-0.05, 0) is 77.3 Å². The van der Waals surface area contributed by atoms with Gasteiger partial charge in [0.2, 0.25) is 0 Å². The molecule has 3 heterocycles. The van der Waals surface area contributed by atoms with Crippen LogP contribution in [0.4, 0.5) is 22.7 Å². The van der Waals surface area contributed by atoms with Gasteiger partial charge < -0.3 is 14.2 Å². The molecular weight excluding hydrogens is 557 g/mol. The molecule has 1 aromatic heterocycles. The topological polar surface area (TPSA) is 11.4 Å². The van der Waals surface area contributed by atoms with E-state index in [4.69, 9.17) is 0 Å². The van der Waals surface area contributed by atoms with Crippen molar-refractivity contribution in [2.45, 2.75) is 0 Å². The molecule has 4 heteroatoms. The van der Waals surface area contributed by atoms with E-state index in [0.717, 1.165) is 0 Å². The minimum absolute atomic E-state index is 0.108. The number of fused-ring (bicyclic) bond motifs is 8. The van der Waals surface area contributed by atoms with E-state index in [-0.39, 0.29) is 6.98 Å². The summed E-state index contributed by atoms with van der Waals surface area (Å²) in [5.41, 5.74) is 14.8. The summed E-state index contributed by atoms with van der Waals surface area (Å²) < 4.78 is 2.45. The van der Waals surface area contributed by atoms with Crippen molar-refractivity contribution in [2.75, 3.05) is 9.62 Å². The zero-order chi connectivity index (χ0) is 30.2. The summed E-state index contributed by atoms with van der Waals surface area (Å²) in [7, 11) is 0. The molecule has 8 aromatic rings. The maximum absolute atomic E-state index is 2.55. The van der Waals surface area contributed by atoms with Crippen molar-refractivity contribution in [1.29, 1.82) is 0 Å². The van der Waals surface area contributed by atoms with Crippen LogP contribution in [0.2, 0.25) is 0 Å². The highest BCUT2D eigenvalue weighted by Gasteiger charge is 2.47. The van der Waals surface area contributed by atoms with Crippen LogP contribution in [0, 0.1) is 0 Å². The number of benzene rings is 7. The second-order valence-corrected chi connectivity index (χ2v) is 12.1. The molecule has 10 rings (SSSR count). The first kappa shape index (κ1) is 25.3. The Labute approximate surface area is 268 Å². The van der Waals surface area contributed by atoms with Gasteiger partial charge in [-0.15, -0.1) is 0 Å². The molecule has 7 aromatic carbocycles. The van der Waals surface area contributed by atoms with Gasteiger partial charge in [0.1, 0.15) is 0 Å². The van der Waals surface area contributed by atoms with Crippen LogP contribution in [0.3, 0.4) is 0 Å². The molecule has 0 unspecified atom stereocenters. The minimum atomic E-state index is -0.108. The molecule has 0 N–H and O–H groups in total. The van der Waals surface area contributed by atoms with Crippen molar-refractivity contribution >= 4 is 57.0 Å². The van der Waals surface area contributed by atoms with Gasteiger partial charge in [0.05, 0.1) is 11.0 Å². The highest BCUT2D eigenvalue weighted by Crippen LogP contribution is 2.52. The zero-order valence-electron chi connectivity index (χ0n) is 25.1. The minimum Gasteiger partial charge on any atom is -0.361 e. The Morgan fingerprint density at radius 1 is 0.391 bits per heavy atom. The molecule has 0 amide bonds. The number of para-hydroxylation sites is 6. The molecule has 0 aliphatic carbocycles. The summed E-state index contributed by atoms with van der Waals surface area (Å²) in [5.74, 6) is 0. The monoisotopic (exact) mass is 585 g/mol. The van der Waals surface area contributed by atoms with Gasteiger partial charge in [-0.2, -0.15) is 0 Å². The second-order valence-electron chi connectivity index (χ2n) is 12.1. The van der Waals surface area contributed by atoms with Crippen LogP contribution in [0.1, 0.15) is 0 Å². The molecule has 0 spiro atoms. The molecule has 214 valence electrons. The van der Waals surface area contributed by atoms with E-state index in [1.54, 1.807) is 0 Å². The molecule has 0 saturated heterocycles. The van der Waals surface area contributed by atoms with Crippen molar-refractivity contribution in [3.8, 4) is 27.9 Å². The fraction of sp³-hybridized carbons (Fsp3) is 0. The van der Waals surface area contributed by atoms with Crippen molar-refractivity contribution in [2.24, 2.45) is 0 Å². The number of anilines is 4. The third-order valence-electron chi connectivity index (χ3n) is 9.72. The number of nitrogens with zero attached hydrogens (tertiary/aromatic N) is 3. The highest BCUT2D eigenvalue weighted by atomic mass is 15.2. The lowest BCUT2D eigenvalue weighted by Gasteiger charge is -2.48. The first-order chi connectivity index (χ1) is 22.9. The molecule has 0 saturated carbocycles. The molecule has 3 nitrogen and oxygen atoms in total. The van der Waals surface area contributed by atoms with E-state index in [9.17, 15) is 0 Å². The Balaban J connectivity index is 1.43. The lowest BCUT2D eigenvalue weighted by Crippen LogP contribution is -2.61. The maximum atomic E-state index is 2.55. The van der Waals surface area contributed by atoms with Gasteiger partial charge >= 0.3 is 6.98 Å². The van der Waals surface area contributed by atoms with E-state index in [2.05, 4.69) is 184 Å². The predicted molar refractivity (Wildman–Crippen MR) is 194 cm³/mol. The summed E-state index contributed by atoms with van der Waals surface area (Å²) >= 11 is 0. The van der Waals surface area contributed by atoms with Crippen molar-refractivity contribution in [3.63, 3.8) is 0 Å². The van der Waals surface area contributed by atoms with Gasteiger partial charge in [-0.25, -0.2) is 0 Å². The number of hydrogen-bond donors (Lipinski definition) is 0. The van der Waals surface area contributed by atoms with E-state index < -0.39 is 0 Å². The Hall–Kier alpha value is -6.00. The number of rotatable bonds is 3. The van der Waals surface area contributed by atoms with Gasteiger partial charge in [-0.3, -0.25) is 0 Å². The number of aromatic nitrogens is 1. The molecule has 2 aliphatic heterocycles. The first-order valence-corrected chi connectivity index (χ1v) is 15.9. The normalized spacial score (nSPS) is 13.1. The van der Waals surface area contributed by atoms with E-state index >= 15 is 0 Å². The third kappa shape index (κ3) is 3.44. The summed E-state index contributed by atoms with van der Waals surface area (Å²) in [6.07, 6.45) is 0. The summed E-state index contributed by atoms with van der Waals surface area (Å²) in [6, 6.07) is 61.8. The van der Waals surface area contributed by atoms with E-state index in [1.165, 1.54) is 78.0 Å². The lowest BCUT2D eigenvalue weighted by molar-refractivity contribution is 1.18. The van der Waals surface area contributed by atoms with Crippen LogP contribution in [-0.4, -0.2) is 11.5 Å². The van der Waals surface area contributed by atoms with Gasteiger partial charge in [0, 0.05) is 50.3 Å². The molecule has 0 radical (unpaired) electrons. The summed E-state index contributed by atoms with van der Waals surface area (Å²) in [4.78, 5) is 5.10. The standard InChI is InChI=1S/C42H28BN3/c1-4-16-29(17-5-1)44-36-25-13-11-23-33(36)40-39(44)28-35-32-22-10-14-26-37(32)45(30-18-6-2-7-19-30)43-42(35)41(40)34-24-12-15-27-38(34)46(43)31-20-8-3-9-21-31/h1-28H. The zero-order valence-corrected chi connectivity index (χ0v) is 25.1. The van der Waals surface area contributed by atoms with E-state index in [1.807, 2.05) is 0 Å². The molecular formula is C42H28BN3. The fourth-order valence-electron chi connectivity index (χ4n) is 7.95. The van der Waals surface area contributed by atoms with Crippen LogP contribution in [0.5, 0.6) is 0 Å². The predicted octanol–water partition coefficient (Wildman–Crippen LogP) is 10.1. The average molecular weight is 586 g/mol. The maximum Gasteiger partial charge on any atom is 0.421 e. The Kier molecular flexibility index (Phi) is 5.37. The van der Waals surface area contributed by atoms with E-state index in [0.29, 0.717) is 0 Å². The van der Waals surface area contributed by atoms with Crippen molar-refractivity contribution in [3.05, 3.63) is 170 Å². The SMILES string of the molecule is c1ccc(N2B3c4c(cc5c(c4-c4ccccc4N3c3ccccc3)c3ccccc3n5-c3ccccc3)-c3ccccc32)cc1.